The second-order valence-corrected chi connectivity index (χ2v) is 3.74. The van der Waals surface area contributed by atoms with E-state index in [1.165, 1.54) is 12.1 Å². The smallest absolute Gasteiger partial charge is 0.221 e. The van der Waals surface area contributed by atoms with Crippen molar-refractivity contribution in [2.24, 2.45) is 0 Å². The first-order valence-corrected chi connectivity index (χ1v) is 5.09. The van der Waals surface area contributed by atoms with E-state index in [4.69, 9.17) is 16.3 Å². The summed E-state index contributed by atoms with van der Waals surface area (Å²) >= 11 is 5.94. The summed E-state index contributed by atoms with van der Waals surface area (Å²) in [4.78, 5) is 3.59. The maximum atomic E-state index is 12.8. The van der Waals surface area contributed by atoms with E-state index in [0.717, 1.165) is 5.56 Å². The molecule has 0 atom stereocenters. The molecule has 0 amide bonds. The normalized spacial score (nSPS) is 10.2. The first kappa shape index (κ1) is 10.9. The zero-order valence-electron chi connectivity index (χ0n) is 8.58. The van der Waals surface area contributed by atoms with Crippen LogP contribution in [0.25, 0.3) is 0 Å². The van der Waals surface area contributed by atoms with Crippen LogP contribution in [0.4, 0.5) is 4.39 Å². The number of ether oxygens (including phenoxy) is 1. The van der Waals surface area contributed by atoms with Gasteiger partial charge >= 0.3 is 0 Å². The lowest BCUT2D eigenvalue weighted by molar-refractivity contribution is 0.445. The van der Waals surface area contributed by atoms with E-state index in [9.17, 15) is 4.39 Å². The van der Waals surface area contributed by atoms with Crippen LogP contribution in [0.1, 0.15) is 5.56 Å². The van der Waals surface area contributed by atoms with E-state index in [1.807, 2.05) is 13.0 Å². The summed E-state index contributed by atoms with van der Waals surface area (Å²) in [6, 6.07) is 9.72. The molecule has 0 spiro atoms. The highest BCUT2D eigenvalue weighted by atomic mass is 35.5. The first-order valence-electron chi connectivity index (χ1n) is 4.72. The van der Waals surface area contributed by atoms with Gasteiger partial charge in [0.25, 0.3) is 0 Å². The van der Waals surface area contributed by atoms with E-state index >= 15 is 0 Å². The van der Waals surface area contributed by atoms with Crippen molar-refractivity contribution in [1.82, 2.24) is 4.98 Å². The third kappa shape index (κ3) is 2.49. The fraction of sp³-hybridized carbons (Fsp3) is 0.0833. The van der Waals surface area contributed by atoms with Gasteiger partial charge in [0.1, 0.15) is 5.75 Å². The van der Waals surface area contributed by atoms with E-state index in [1.54, 1.807) is 18.2 Å². The Morgan fingerprint density at radius 3 is 2.81 bits per heavy atom. The fourth-order valence-corrected chi connectivity index (χ4v) is 1.40. The van der Waals surface area contributed by atoms with Gasteiger partial charge in [-0.2, -0.15) is 9.37 Å². The minimum Gasteiger partial charge on any atom is -0.437 e. The monoisotopic (exact) mass is 237 g/mol. The zero-order valence-corrected chi connectivity index (χ0v) is 9.33. The highest BCUT2D eigenvalue weighted by Gasteiger charge is 2.04. The minimum absolute atomic E-state index is 0.188. The van der Waals surface area contributed by atoms with Gasteiger partial charge in [-0.3, -0.25) is 0 Å². The van der Waals surface area contributed by atoms with Crippen LogP contribution >= 0.6 is 11.6 Å². The fourth-order valence-electron chi connectivity index (χ4n) is 1.25. The SMILES string of the molecule is Cc1ccc(Cl)c(Oc2cccc(F)n2)c1. The van der Waals surface area contributed by atoms with Crippen molar-refractivity contribution < 1.29 is 9.13 Å². The molecule has 0 aliphatic rings. The van der Waals surface area contributed by atoms with Crippen LogP contribution in [0.3, 0.4) is 0 Å². The Morgan fingerprint density at radius 2 is 2.06 bits per heavy atom. The number of hydrogen-bond donors (Lipinski definition) is 0. The zero-order chi connectivity index (χ0) is 11.5. The lowest BCUT2D eigenvalue weighted by Gasteiger charge is -2.07. The molecule has 16 heavy (non-hydrogen) atoms. The molecule has 1 heterocycles. The third-order valence-electron chi connectivity index (χ3n) is 1.99. The number of halogens is 2. The summed E-state index contributed by atoms with van der Waals surface area (Å²) < 4.78 is 18.2. The Balaban J connectivity index is 2.30. The molecular weight excluding hydrogens is 229 g/mol. The molecule has 1 aromatic heterocycles. The Labute approximate surface area is 97.7 Å². The van der Waals surface area contributed by atoms with Gasteiger partial charge in [0.15, 0.2) is 0 Å². The van der Waals surface area contributed by atoms with Gasteiger partial charge in [0.2, 0.25) is 11.8 Å². The molecule has 0 saturated heterocycles. The van der Waals surface area contributed by atoms with Crippen LogP contribution < -0.4 is 4.74 Å². The van der Waals surface area contributed by atoms with Crippen LogP contribution in [0.2, 0.25) is 5.02 Å². The van der Waals surface area contributed by atoms with Crippen LogP contribution in [0.5, 0.6) is 11.6 Å². The molecule has 0 saturated carbocycles. The van der Waals surface area contributed by atoms with E-state index in [0.29, 0.717) is 10.8 Å². The minimum atomic E-state index is -0.582. The largest absolute Gasteiger partial charge is 0.437 e. The molecule has 1 aromatic carbocycles. The van der Waals surface area contributed by atoms with Gasteiger partial charge in [-0.15, -0.1) is 0 Å². The van der Waals surface area contributed by atoms with Crippen LogP contribution in [0, 0.1) is 12.9 Å². The third-order valence-corrected chi connectivity index (χ3v) is 2.30. The predicted molar refractivity (Wildman–Crippen MR) is 60.5 cm³/mol. The highest BCUT2D eigenvalue weighted by Crippen LogP contribution is 2.29. The molecule has 0 bridgehead atoms. The summed E-state index contributed by atoms with van der Waals surface area (Å²) in [6.45, 7) is 1.92. The molecule has 0 N–H and O–H groups in total. The summed E-state index contributed by atoms with van der Waals surface area (Å²) in [5.41, 5.74) is 1.01. The molecule has 4 heteroatoms. The maximum absolute atomic E-state index is 12.8. The lowest BCUT2D eigenvalue weighted by atomic mass is 10.2. The molecule has 0 unspecified atom stereocenters. The molecule has 0 aliphatic heterocycles. The van der Waals surface area contributed by atoms with Crippen molar-refractivity contribution in [3.8, 4) is 11.6 Å². The Kier molecular flexibility index (Phi) is 3.06. The number of rotatable bonds is 2. The average molecular weight is 238 g/mol. The van der Waals surface area contributed by atoms with Crippen LogP contribution in [-0.4, -0.2) is 4.98 Å². The van der Waals surface area contributed by atoms with Gasteiger partial charge < -0.3 is 4.74 Å². The van der Waals surface area contributed by atoms with E-state index in [-0.39, 0.29) is 5.88 Å². The second kappa shape index (κ2) is 4.49. The van der Waals surface area contributed by atoms with Gasteiger partial charge in [0.05, 0.1) is 5.02 Å². The van der Waals surface area contributed by atoms with Crippen molar-refractivity contribution in [3.63, 3.8) is 0 Å². The van der Waals surface area contributed by atoms with Crippen LogP contribution in [0.15, 0.2) is 36.4 Å². The highest BCUT2D eigenvalue weighted by molar-refractivity contribution is 6.32. The lowest BCUT2D eigenvalue weighted by Crippen LogP contribution is -1.91. The average Bonchev–Trinajstić information content (AvgIpc) is 2.24. The summed E-state index contributed by atoms with van der Waals surface area (Å²) in [5, 5.41) is 0.469. The second-order valence-electron chi connectivity index (χ2n) is 3.33. The number of pyridine rings is 1. The number of benzene rings is 1. The molecule has 0 radical (unpaired) electrons. The molecule has 2 rings (SSSR count). The topological polar surface area (TPSA) is 22.1 Å². The molecule has 82 valence electrons. The molecule has 0 aliphatic carbocycles. The predicted octanol–water partition coefficient (Wildman–Crippen LogP) is 3.97. The standard InChI is InChI=1S/C12H9ClFNO/c1-8-5-6-9(13)10(7-8)16-12-4-2-3-11(14)15-12/h2-7H,1H3. The van der Waals surface area contributed by atoms with Crippen LogP contribution in [-0.2, 0) is 0 Å². The van der Waals surface area contributed by atoms with Crippen molar-refractivity contribution in [2.45, 2.75) is 6.92 Å². The summed E-state index contributed by atoms with van der Waals surface area (Å²) in [6.07, 6.45) is 0. The van der Waals surface area contributed by atoms with E-state index in [2.05, 4.69) is 4.98 Å². The van der Waals surface area contributed by atoms with Crippen molar-refractivity contribution >= 4 is 11.6 Å². The van der Waals surface area contributed by atoms with Gasteiger partial charge in [-0.25, -0.2) is 0 Å². The number of aryl methyl sites for hydroxylation is 1. The van der Waals surface area contributed by atoms with Crippen molar-refractivity contribution in [3.05, 3.63) is 52.9 Å². The summed E-state index contributed by atoms with van der Waals surface area (Å²) in [7, 11) is 0. The molecular formula is C12H9ClFNO. The quantitative estimate of drug-likeness (QED) is 0.738. The van der Waals surface area contributed by atoms with Gasteiger partial charge in [0, 0.05) is 6.07 Å². The summed E-state index contributed by atoms with van der Waals surface area (Å²) in [5.74, 6) is 0.0774. The van der Waals surface area contributed by atoms with Gasteiger partial charge in [-0.05, 0) is 30.7 Å². The maximum Gasteiger partial charge on any atom is 0.221 e. The first-order chi connectivity index (χ1) is 7.65. The number of aromatic nitrogens is 1. The van der Waals surface area contributed by atoms with Crippen molar-refractivity contribution in [2.75, 3.05) is 0 Å². The van der Waals surface area contributed by atoms with E-state index < -0.39 is 5.95 Å². The molecule has 2 nitrogen and oxygen atoms in total. The van der Waals surface area contributed by atoms with Crippen molar-refractivity contribution in [1.29, 1.82) is 0 Å². The molecule has 0 fully saturated rings. The van der Waals surface area contributed by atoms with Gasteiger partial charge in [-0.1, -0.05) is 23.7 Å². The Morgan fingerprint density at radius 1 is 1.25 bits per heavy atom. The Bertz CT molecular complexity index is 516. The number of hydrogen-bond acceptors (Lipinski definition) is 2. The molecule has 2 aromatic rings. The number of nitrogens with zero attached hydrogens (tertiary/aromatic N) is 1. The Hall–Kier alpha value is -1.61.